The SMILES string of the molecule is Nc1ncc(C2CCCO2)cn1. The largest absolute Gasteiger partial charge is 0.373 e. The van der Waals surface area contributed by atoms with E-state index in [0.717, 1.165) is 25.0 Å². The topological polar surface area (TPSA) is 61.0 Å². The Labute approximate surface area is 70.8 Å². The Morgan fingerprint density at radius 3 is 2.75 bits per heavy atom. The highest BCUT2D eigenvalue weighted by molar-refractivity contribution is 5.19. The molecule has 1 fully saturated rings. The summed E-state index contributed by atoms with van der Waals surface area (Å²) in [7, 11) is 0. The predicted octanol–water partition coefficient (Wildman–Crippen LogP) is 0.910. The van der Waals surface area contributed by atoms with Gasteiger partial charge in [-0.15, -0.1) is 0 Å². The van der Waals surface area contributed by atoms with Gasteiger partial charge in [-0.25, -0.2) is 9.97 Å². The molecule has 0 saturated carbocycles. The fourth-order valence-electron chi connectivity index (χ4n) is 1.35. The average molecular weight is 165 g/mol. The lowest BCUT2D eigenvalue weighted by atomic mass is 10.1. The van der Waals surface area contributed by atoms with E-state index in [9.17, 15) is 0 Å². The third-order valence-electron chi connectivity index (χ3n) is 1.99. The van der Waals surface area contributed by atoms with Crippen molar-refractivity contribution in [2.24, 2.45) is 0 Å². The molecule has 64 valence electrons. The number of rotatable bonds is 1. The van der Waals surface area contributed by atoms with Crippen molar-refractivity contribution in [1.29, 1.82) is 0 Å². The van der Waals surface area contributed by atoms with Crippen molar-refractivity contribution in [3.63, 3.8) is 0 Å². The minimum atomic E-state index is 0.186. The van der Waals surface area contributed by atoms with Crippen LogP contribution >= 0.6 is 0 Å². The highest BCUT2D eigenvalue weighted by atomic mass is 16.5. The second kappa shape index (κ2) is 3.06. The summed E-state index contributed by atoms with van der Waals surface area (Å²) >= 11 is 0. The fraction of sp³-hybridized carbons (Fsp3) is 0.500. The Hall–Kier alpha value is -1.16. The highest BCUT2D eigenvalue weighted by Crippen LogP contribution is 2.27. The van der Waals surface area contributed by atoms with Gasteiger partial charge in [-0.2, -0.15) is 0 Å². The summed E-state index contributed by atoms with van der Waals surface area (Å²) in [6.45, 7) is 0.842. The second-order valence-electron chi connectivity index (χ2n) is 2.88. The van der Waals surface area contributed by atoms with Crippen molar-refractivity contribution in [1.82, 2.24) is 9.97 Å². The molecule has 0 spiro atoms. The normalized spacial score (nSPS) is 22.8. The number of ether oxygens (including phenoxy) is 1. The van der Waals surface area contributed by atoms with E-state index in [1.165, 1.54) is 0 Å². The molecule has 0 bridgehead atoms. The quantitative estimate of drug-likeness (QED) is 0.671. The number of hydrogen-bond donors (Lipinski definition) is 1. The van der Waals surface area contributed by atoms with Crippen molar-refractivity contribution in [2.75, 3.05) is 12.3 Å². The number of nitrogen functional groups attached to an aromatic ring is 1. The van der Waals surface area contributed by atoms with Gasteiger partial charge in [-0.05, 0) is 12.8 Å². The Balaban J connectivity index is 2.17. The minimum Gasteiger partial charge on any atom is -0.373 e. The van der Waals surface area contributed by atoms with Gasteiger partial charge in [0.05, 0.1) is 6.10 Å². The molecule has 0 amide bonds. The summed E-state index contributed by atoms with van der Waals surface area (Å²) in [5, 5.41) is 0. The van der Waals surface area contributed by atoms with Crippen LogP contribution in [0.5, 0.6) is 0 Å². The predicted molar refractivity (Wildman–Crippen MR) is 44.4 cm³/mol. The van der Waals surface area contributed by atoms with E-state index in [2.05, 4.69) is 9.97 Å². The molecule has 2 N–H and O–H groups in total. The van der Waals surface area contributed by atoms with Crippen LogP contribution < -0.4 is 5.73 Å². The first kappa shape index (κ1) is 7.49. The molecule has 2 heterocycles. The third kappa shape index (κ3) is 1.38. The first-order valence-corrected chi connectivity index (χ1v) is 4.05. The Kier molecular flexibility index (Phi) is 1.91. The van der Waals surface area contributed by atoms with Crippen LogP contribution in [0.3, 0.4) is 0 Å². The highest BCUT2D eigenvalue weighted by Gasteiger charge is 2.17. The lowest BCUT2D eigenvalue weighted by Crippen LogP contribution is -2.00. The number of hydrogen-bond acceptors (Lipinski definition) is 4. The van der Waals surface area contributed by atoms with Crippen molar-refractivity contribution in [3.05, 3.63) is 18.0 Å². The fourth-order valence-corrected chi connectivity index (χ4v) is 1.35. The summed E-state index contributed by atoms with van der Waals surface area (Å²) in [5.74, 6) is 0.316. The molecule has 4 heteroatoms. The molecule has 2 rings (SSSR count). The summed E-state index contributed by atoms with van der Waals surface area (Å²) < 4.78 is 5.46. The molecule has 0 aromatic carbocycles. The molecule has 1 aromatic heterocycles. The van der Waals surface area contributed by atoms with E-state index in [0.29, 0.717) is 5.95 Å². The smallest absolute Gasteiger partial charge is 0.219 e. The maximum Gasteiger partial charge on any atom is 0.219 e. The van der Waals surface area contributed by atoms with Crippen molar-refractivity contribution in [3.8, 4) is 0 Å². The summed E-state index contributed by atoms with van der Waals surface area (Å²) in [5.41, 5.74) is 6.39. The van der Waals surface area contributed by atoms with Crippen LogP contribution in [0, 0.1) is 0 Å². The zero-order chi connectivity index (χ0) is 8.39. The molecule has 1 aromatic rings. The molecule has 1 aliphatic heterocycles. The third-order valence-corrected chi connectivity index (χ3v) is 1.99. The van der Waals surface area contributed by atoms with E-state index >= 15 is 0 Å². The molecular formula is C8H11N3O. The average Bonchev–Trinajstić information content (AvgIpc) is 2.58. The molecule has 1 aliphatic rings. The van der Waals surface area contributed by atoms with Crippen LogP contribution in [0.4, 0.5) is 5.95 Å². The van der Waals surface area contributed by atoms with Gasteiger partial charge in [0.25, 0.3) is 0 Å². The molecule has 12 heavy (non-hydrogen) atoms. The van der Waals surface area contributed by atoms with Crippen LogP contribution in [0.15, 0.2) is 12.4 Å². The van der Waals surface area contributed by atoms with Gasteiger partial charge in [-0.3, -0.25) is 0 Å². The zero-order valence-corrected chi connectivity index (χ0v) is 6.73. The van der Waals surface area contributed by atoms with Gasteiger partial charge in [0.2, 0.25) is 5.95 Å². The van der Waals surface area contributed by atoms with Crippen LogP contribution in [-0.4, -0.2) is 16.6 Å². The molecule has 1 atom stereocenters. The number of nitrogens with zero attached hydrogens (tertiary/aromatic N) is 2. The van der Waals surface area contributed by atoms with E-state index < -0.39 is 0 Å². The van der Waals surface area contributed by atoms with Crippen molar-refractivity contribution >= 4 is 5.95 Å². The lowest BCUT2D eigenvalue weighted by Gasteiger charge is -2.07. The minimum absolute atomic E-state index is 0.186. The summed E-state index contributed by atoms with van der Waals surface area (Å²) in [4.78, 5) is 7.82. The van der Waals surface area contributed by atoms with Gasteiger partial charge >= 0.3 is 0 Å². The Morgan fingerprint density at radius 1 is 1.42 bits per heavy atom. The molecular weight excluding hydrogens is 154 g/mol. The number of nitrogens with two attached hydrogens (primary N) is 1. The van der Waals surface area contributed by atoms with Crippen molar-refractivity contribution in [2.45, 2.75) is 18.9 Å². The Bertz CT molecular complexity index is 254. The van der Waals surface area contributed by atoms with Crippen LogP contribution in [0.25, 0.3) is 0 Å². The maximum atomic E-state index is 5.46. The second-order valence-corrected chi connectivity index (χ2v) is 2.88. The van der Waals surface area contributed by atoms with E-state index in [1.54, 1.807) is 12.4 Å². The molecule has 1 unspecified atom stereocenters. The molecule has 0 aliphatic carbocycles. The van der Waals surface area contributed by atoms with Crippen LogP contribution in [0.1, 0.15) is 24.5 Å². The number of anilines is 1. The lowest BCUT2D eigenvalue weighted by molar-refractivity contribution is 0.111. The zero-order valence-electron chi connectivity index (χ0n) is 6.73. The van der Waals surface area contributed by atoms with Gasteiger partial charge in [-0.1, -0.05) is 0 Å². The number of aromatic nitrogens is 2. The maximum absolute atomic E-state index is 5.46. The van der Waals surface area contributed by atoms with Gasteiger partial charge in [0.1, 0.15) is 0 Å². The summed E-state index contributed by atoms with van der Waals surface area (Å²) in [6.07, 6.45) is 5.84. The van der Waals surface area contributed by atoms with E-state index in [1.807, 2.05) is 0 Å². The van der Waals surface area contributed by atoms with Gasteiger partial charge < -0.3 is 10.5 Å². The Morgan fingerprint density at radius 2 is 2.17 bits per heavy atom. The van der Waals surface area contributed by atoms with E-state index in [4.69, 9.17) is 10.5 Å². The van der Waals surface area contributed by atoms with Crippen molar-refractivity contribution < 1.29 is 4.74 Å². The van der Waals surface area contributed by atoms with E-state index in [-0.39, 0.29) is 6.10 Å². The standard InChI is InChI=1S/C8H11N3O/c9-8-10-4-6(5-11-8)7-2-1-3-12-7/h4-5,7H,1-3H2,(H2,9,10,11). The molecule has 0 radical (unpaired) electrons. The molecule has 1 saturated heterocycles. The van der Waals surface area contributed by atoms with Crippen LogP contribution in [0.2, 0.25) is 0 Å². The van der Waals surface area contributed by atoms with Crippen LogP contribution in [-0.2, 0) is 4.74 Å². The first-order valence-electron chi connectivity index (χ1n) is 4.05. The first-order chi connectivity index (χ1) is 5.86. The van der Waals surface area contributed by atoms with Gasteiger partial charge in [0, 0.05) is 24.6 Å². The molecule has 4 nitrogen and oxygen atoms in total. The van der Waals surface area contributed by atoms with Gasteiger partial charge in [0.15, 0.2) is 0 Å². The summed E-state index contributed by atoms with van der Waals surface area (Å²) in [6, 6.07) is 0. The monoisotopic (exact) mass is 165 g/mol.